The highest BCUT2D eigenvalue weighted by molar-refractivity contribution is 7.17. The van der Waals surface area contributed by atoms with Crippen LogP contribution in [0.15, 0.2) is 47.6 Å². The number of aryl methyl sites for hydroxylation is 2. The highest BCUT2D eigenvalue weighted by atomic mass is 35.5. The van der Waals surface area contributed by atoms with Crippen LogP contribution in [-0.2, 0) is 17.6 Å². The fourth-order valence-electron chi connectivity index (χ4n) is 5.36. The van der Waals surface area contributed by atoms with E-state index in [0.717, 1.165) is 60.7 Å². The average Bonchev–Trinajstić information content (AvgIpc) is 3.40. The minimum Gasteiger partial charge on any atom is -0.306 e. The molecule has 1 aliphatic carbocycles. The number of carbonyl (C=O) groups is 1. The van der Waals surface area contributed by atoms with Crippen LogP contribution in [0.5, 0.6) is 0 Å². The predicted octanol–water partition coefficient (Wildman–Crippen LogP) is 5.31. The summed E-state index contributed by atoms with van der Waals surface area (Å²) in [5.74, 6) is -0.00149. The van der Waals surface area contributed by atoms with Gasteiger partial charge in [0.05, 0.1) is 23.5 Å². The number of likely N-dealkylation sites (tertiary alicyclic amines) is 1. The van der Waals surface area contributed by atoms with Gasteiger partial charge in [-0.15, -0.1) is 23.7 Å². The average molecular weight is 508 g/mol. The van der Waals surface area contributed by atoms with Crippen LogP contribution in [0.1, 0.15) is 41.9 Å². The third-order valence-corrected chi connectivity index (χ3v) is 8.28. The van der Waals surface area contributed by atoms with E-state index in [9.17, 15) is 4.79 Å². The molecule has 35 heavy (non-hydrogen) atoms. The molecule has 1 fully saturated rings. The Morgan fingerprint density at radius 1 is 1.14 bits per heavy atom. The molecule has 1 aliphatic heterocycles. The van der Waals surface area contributed by atoms with Crippen molar-refractivity contribution >= 4 is 51.6 Å². The number of thiazole rings is 1. The molecule has 1 amide bonds. The normalized spacial score (nSPS) is 18.6. The van der Waals surface area contributed by atoms with Gasteiger partial charge in [-0.05, 0) is 69.0 Å². The second kappa shape index (κ2) is 10.1. The summed E-state index contributed by atoms with van der Waals surface area (Å²) in [4.78, 5) is 22.5. The Morgan fingerprint density at radius 2 is 1.97 bits per heavy atom. The number of fused-ring (bicyclic) bond motifs is 4. The first-order valence-corrected chi connectivity index (χ1v) is 13.0. The lowest BCUT2D eigenvalue weighted by Crippen LogP contribution is -2.40. The van der Waals surface area contributed by atoms with Crippen LogP contribution in [0, 0.1) is 5.92 Å². The van der Waals surface area contributed by atoms with E-state index < -0.39 is 0 Å². The predicted molar refractivity (Wildman–Crippen MR) is 146 cm³/mol. The Labute approximate surface area is 215 Å². The monoisotopic (exact) mass is 507 g/mol. The van der Waals surface area contributed by atoms with Crippen LogP contribution in [0.2, 0.25) is 0 Å². The second-order valence-electron chi connectivity index (χ2n) is 9.54. The maximum Gasteiger partial charge on any atom is 0.244 e. The third kappa shape index (κ3) is 4.60. The van der Waals surface area contributed by atoms with Gasteiger partial charge in [0.25, 0.3) is 0 Å². The molecule has 8 heteroatoms. The van der Waals surface area contributed by atoms with Gasteiger partial charge in [-0.3, -0.25) is 9.20 Å². The van der Waals surface area contributed by atoms with E-state index in [1.54, 1.807) is 17.6 Å². The summed E-state index contributed by atoms with van der Waals surface area (Å²) in [5.41, 5.74) is 7.11. The van der Waals surface area contributed by atoms with Crippen molar-refractivity contribution in [2.24, 2.45) is 11.0 Å². The molecule has 0 saturated carbocycles. The summed E-state index contributed by atoms with van der Waals surface area (Å²) >= 11 is 1.79. The van der Waals surface area contributed by atoms with Gasteiger partial charge in [-0.2, -0.15) is 5.10 Å². The van der Waals surface area contributed by atoms with Crippen molar-refractivity contribution in [3.05, 3.63) is 58.7 Å². The fourth-order valence-corrected chi connectivity index (χ4v) is 6.57. The molecular formula is C27H30ClN5OS. The quantitative estimate of drug-likeness (QED) is 0.301. The third-order valence-electron chi connectivity index (χ3n) is 7.14. The highest BCUT2D eigenvalue weighted by Crippen LogP contribution is 2.35. The Kier molecular flexibility index (Phi) is 6.91. The van der Waals surface area contributed by atoms with Crippen LogP contribution in [-0.4, -0.2) is 46.5 Å². The number of halogens is 1. The number of imidazole rings is 1. The Morgan fingerprint density at radius 3 is 2.83 bits per heavy atom. The minimum atomic E-state index is -0.00442. The van der Waals surface area contributed by atoms with Crippen molar-refractivity contribution in [1.82, 2.24) is 19.7 Å². The molecule has 2 aromatic carbocycles. The van der Waals surface area contributed by atoms with Crippen molar-refractivity contribution in [3.8, 4) is 11.3 Å². The molecule has 6 nitrogen and oxygen atoms in total. The summed E-state index contributed by atoms with van der Waals surface area (Å²) in [6.07, 6.45) is 8.39. The molecule has 6 rings (SSSR count). The Bertz CT molecular complexity index is 1410. The maximum absolute atomic E-state index is 12.7. The van der Waals surface area contributed by atoms with E-state index in [0.29, 0.717) is 0 Å². The van der Waals surface area contributed by atoms with Gasteiger partial charge >= 0.3 is 0 Å². The standard InChI is InChI=1S/C27H29N5OS.ClH/c1-31-14-6-9-21(17-31)26(33)30-28-16-23-25(20-13-12-18-7-2-3-8-19(18)15-20)29-27-32(23)22-10-4-5-11-24(22)34-27;/h2-3,7-8,12-13,15-16,21H,4-6,9-11,14,17H2,1H3,(H,30,33);1H/b28-16+;. The number of aromatic nitrogens is 2. The molecule has 2 aromatic heterocycles. The van der Waals surface area contributed by atoms with Crippen LogP contribution >= 0.6 is 23.7 Å². The van der Waals surface area contributed by atoms with Gasteiger partial charge in [0.1, 0.15) is 0 Å². The molecule has 1 N–H and O–H groups in total. The first kappa shape index (κ1) is 24.0. The Balaban J connectivity index is 0.00000253. The summed E-state index contributed by atoms with van der Waals surface area (Å²) in [6.45, 7) is 1.85. The lowest BCUT2D eigenvalue weighted by molar-refractivity contribution is -0.126. The van der Waals surface area contributed by atoms with Gasteiger partial charge in [0.2, 0.25) is 5.91 Å². The van der Waals surface area contributed by atoms with Crippen LogP contribution in [0.4, 0.5) is 0 Å². The lowest BCUT2D eigenvalue weighted by Gasteiger charge is -2.28. The van der Waals surface area contributed by atoms with Crippen molar-refractivity contribution in [2.75, 3.05) is 20.1 Å². The van der Waals surface area contributed by atoms with E-state index >= 15 is 0 Å². The zero-order valence-electron chi connectivity index (χ0n) is 19.9. The zero-order chi connectivity index (χ0) is 23.1. The SMILES string of the molecule is CN1CCCC(C(=O)N/N=C/c2c(-c3ccc4ccccc4c3)nc3sc4c(n23)CCCC4)C1.Cl. The van der Waals surface area contributed by atoms with E-state index in [1.165, 1.54) is 34.2 Å². The van der Waals surface area contributed by atoms with E-state index in [1.807, 2.05) is 0 Å². The van der Waals surface area contributed by atoms with Gasteiger partial charge < -0.3 is 4.90 Å². The van der Waals surface area contributed by atoms with Crippen molar-refractivity contribution < 1.29 is 4.79 Å². The molecule has 1 atom stereocenters. The number of hydrazone groups is 1. The van der Waals surface area contributed by atoms with E-state index in [-0.39, 0.29) is 24.2 Å². The molecule has 0 radical (unpaired) electrons. The number of carbonyl (C=O) groups excluding carboxylic acids is 1. The number of amides is 1. The number of hydrogen-bond donors (Lipinski definition) is 1. The topological polar surface area (TPSA) is 62.0 Å². The number of nitrogens with one attached hydrogen (secondary N) is 1. The van der Waals surface area contributed by atoms with Gasteiger partial charge in [-0.25, -0.2) is 10.4 Å². The summed E-state index contributed by atoms with van der Waals surface area (Å²) in [6, 6.07) is 14.9. The summed E-state index contributed by atoms with van der Waals surface area (Å²) < 4.78 is 2.27. The smallest absolute Gasteiger partial charge is 0.244 e. The maximum atomic E-state index is 12.7. The van der Waals surface area contributed by atoms with Crippen molar-refractivity contribution in [2.45, 2.75) is 38.5 Å². The van der Waals surface area contributed by atoms with Crippen LogP contribution in [0.25, 0.3) is 27.0 Å². The number of rotatable bonds is 4. The van der Waals surface area contributed by atoms with Gasteiger partial charge in [0.15, 0.2) is 4.96 Å². The molecule has 0 bridgehead atoms. The van der Waals surface area contributed by atoms with Crippen LogP contribution < -0.4 is 5.43 Å². The largest absolute Gasteiger partial charge is 0.306 e. The van der Waals surface area contributed by atoms with Gasteiger partial charge in [0, 0.05) is 22.7 Å². The number of hydrogen-bond acceptors (Lipinski definition) is 5. The molecule has 3 heterocycles. The summed E-state index contributed by atoms with van der Waals surface area (Å²) in [5, 5.41) is 6.85. The molecule has 4 aromatic rings. The lowest BCUT2D eigenvalue weighted by atomic mass is 9.98. The second-order valence-corrected chi connectivity index (χ2v) is 10.6. The molecule has 182 valence electrons. The zero-order valence-corrected chi connectivity index (χ0v) is 21.5. The molecule has 2 aliphatic rings. The van der Waals surface area contributed by atoms with Crippen LogP contribution in [0.3, 0.4) is 0 Å². The summed E-state index contributed by atoms with van der Waals surface area (Å²) in [7, 11) is 2.07. The number of benzene rings is 2. The van der Waals surface area contributed by atoms with E-state index in [4.69, 9.17) is 4.98 Å². The minimum absolute atomic E-state index is 0. The first-order valence-electron chi connectivity index (χ1n) is 12.2. The number of piperidine rings is 1. The molecule has 0 spiro atoms. The molecule has 1 saturated heterocycles. The molecule has 1 unspecified atom stereocenters. The first-order chi connectivity index (χ1) is 16.7. The van der Waals surface area contributed by atoms with Gasteiger partial charge in [-0.1, -0.05) is 36.4 Å². The van der Waals surface area contributed by atoms with Crippen molar-refractivity contribution in [1.29, 1.82) is 0 Å². The molecular weight excluding hydrogens is 478 g/mol. The van der Waals surface area contributed by atoms with Crippen molar-refractivity contribution in [3.63, 3.8) is 0 Å². The van der Waals surface area contributed by atoms with E-state index in [2.05, 4.69) is 69.3 Å². The Hall–Kier alpha value is -2.74. The number of nitrogens with zero attached hydrogens (tertiary/aromatic N) is 4. The highest BCUT2D eigenvalue weighted by Gasteiger charge is 2.25. The fraction of sp³-hybridized carbons (Fsp3) is 0.370.